The molecule has 12 nitrogen and oxygen atoms in total. The molecular formula is C15H28N4O8P2S6. The van der Waals surface area contributed by atoms with Crippen molar-refractivity contribution in [3.8, 4) is 10.4 Å². The van der Waals surface area contributed by atoms with E-state index in [0.717, 1.165) is 22.7 Å². The van der Waals surface area contributed by atoms with Crippen LogP contribution < -0.4 is 19.2 Å². The third-order valence-electron chi connectivity index (χ3n) is 3.32. The third kappa shape index (κ3) is 11.6. The van der Waals surface area contributed by atoms with Gasteiger partial charge in [0, 0.05) is 14.2 Å². The Bertz CT molecular complexity index is 1090. The van der Waals surface area contributed by atoms with Gasteiger partial charge in [0.1, 0.15) is 11.8 Å². The van der Waals surface area contributed by atoms with Crippen LogP contribution in [0.15, 0.2) is 9.59 Å². The Morgan fingerprint density at radius 1 is 0.800 bits per heavy atom. The highest BCUT2D eigenvalue weighted by Crippen LogP contribution is 2.61. The first-order valence-corrected chi connectivity index (χ1v) is 19.9. The average molecular weight is 647 g/mol. The van der Waals surface area contributed by atoms with Crippen LogP contribution in [0.2, 0.25) is 0 Å². The molecule has 202 valence electrons. The highest BCUT2D eigenvalue weighted by molar-refractivity contribution is 8.67. The molecule has 0 aromatic carbocycles. The summed E-state index contributed by atoms with van der Waals surface area (Å²) in [5.41, 5.74) is -4.75. The lowest BCUT2D eigenvalue weighted by Gasteiger charge is -2.19. The van der Waals surface area contributed by atoms with Gasteiger partial charge in [-0.15, -0.1) is 10.2 Å². The minimum atomic E-state index is -2.39. The second kappa shape index (κ2) is 16.9. The third-order valence-corrected chi connectivity index (χ3v) is 15.8. The summed E-state index contributed by atoms with van der Waals surface area (Å²) in [5, 5.41) is 8.70. The Balaban J connectivity index is 0.000000351. The number of aromatic nitrogens is 4. The zero-order valence-corrected chi connectivity index (χ0v) is 26.6. The summed E-state index contributed by atoms with van der Waals surface area (Å²) in [6.45, 7) is 7.01. The Labute approximate surface area is 229 Å². The molecule has 0 radical (unpaired) electrons. The van der Waals surface area contributed by atoms with Crippen LogP contribution in [0, 0.1) is 0 Å². The van der Waals surface area contributed by atoms with Crippen LogP contribution in [0.1, 0.15) is 20.8 Å². The molecule has 0 aliphatic heterocycles. The molecule has 2 aromatic heterocycles. The number of hydrogen-bond donors (Lipinski definition) is 0. The highest BCUT2D eigenvalue weighted by Gasteiger charge is 2.20. The monoisotopic (exact) mass is 646 g/mol. The predicted molar refractivity (Wildman–Crippen MR) is 151 cm³/mol. The minimum absolute atomic E-state index is 0.185. The molecular weight excluding hydrogens is 619 g/mol. The van der Waals surface area contributed by atoms with E-state index in [2.05, 4.69) is 10.2 Å². The van der Waals surface area contributed by atoms with Crippen LogP contribution in [0.5, 0.6) is 10.4 Å². The summed E-state index contributed by atoms with van der Waals surface area (Å²) in [5.74, 6) is 0.595. The van der Waals surface area contributed by atoms with E-state index in [-0.39, 0.29) is 9.75 Å². The molecule has 0 N–H and O–H groups in total. The van der Waals surface area contributed by atoms with Gasteiger partial charge in [0.05, 0.1) is 26.9 Å². The van der Waals surface area contributed by atoms with Gasteiger partial charge in [0.25, 0.3) is 10.4 Å². The maximum absolute atomic E-state index is 11.6. The standard InChI is InChI=1S/C8H15N2O4PS3.C7H13N2O4PS3/c1-4-13-15(16,14-5-2)17-6-10-8(11)18-7(9-10)12-3;1-4-13-6-8-9(7(10)17-6)5-16-14(15,11-2)12-3/h4-6H2,1-3H3;4-5H2,1-3H3. The molecule has 0 aliphatic carbocycles. The van der Waals surface area contributed by atoms with Crippen molar-refractivity contribution < 1.29 is 27.6 Å². The molecule has 0 unspecified atom stereocenters. The fourth-order valence-electron chi connectivity index (χ4n) is 1.86. The van der Waals surface area contributed by atoms with Crippen molar-refractivity contribution >= 4 is 80.4 Å². The quantitative estimate of drug-likeness (QED) is 0.257. The molecule has 35 heavy (non-hydrogen) atoms. The van der Waals surface area contributed by atoms with E-state index in [0.29, 0.717) is 42.0 Å². The van der Waals surface area contributed by atoms with Crippen molar-refractivity contribution in [2.24, 2.45) is 0 Å². The molecule has 2 aromatic rings. The predicted octanol–water partition coefficient (Wildman–Crippen LogP) is 4.21. The Kier molecular flexibility index (Phi) is 16.0. The Hall–Kier alpha value is 0.160. The van der Waals surface area contributed by atoms with Crippen molar-refractivity contribution in [1.29, 1.82) is 0 Å². The topological polar surface area (TPSA) is 125 Å². The van der Waals surface area contributed by atoms with Crippen LogP contribution in [0.4, 0.5) is 0 Å². The normalized spacial score (nSPS) is 11.7. The van der Waals surface area contributed by atoms with E-state index < -0.39 is 11.4 Å². The summed E-state index contributed by atoms with van der Waals surface area (Å²) in [4.78, 5) is 22.7. The van der Waals surface area contributed by atoms with E-state index in [1.807, 2.05) is 20.8 Å². The van der Waals surface area contributed by atoms with Crippen molar-refractivity contribution in [1.82, 2.24) is 19.6 Å². The van der Waals surface area contributed by atoms with Gasteiger partial charge in [-0.1, -0.05) is 0 Å². The lowest BCUT2D eigenvalue weighted by molar-refractivity contribution is 0.280. The number of hydrogen-bond acceptors (Lipinski definition) is 16. The number of nitrogens with zero attached hydrogens (tertiary/aromatic N) is 4. The van der Waals surface area contributed by atoms with Gasteiger partial charge in [0.2, 0.25) is 11.4 Å². The van der Waals surface area contributed by atoms with E-state index in [4.69, 9.17) is 51.2 Å². The molecule has 0 atom stereocenters. The zero-order valence-electron chi connectivity index (χ0n) is 19.9. The number of rotatable bonds is 15. The van der Waals surface area contributed by atoms with Gasteiger partial charge in [-0.05, 0) is 89.8 Å². The zero-order chi connectivity index (χ0) is 26.5. The van der Waals surface area contributed by atoms with E-state index in [9.17, 15) is 9.59 Å². The van der Waals surface area contributed by atoms with Gasteiger partial charge in [0.15, 0.2) is 0 Å². The summed E-state index contributed by atoms with van der Waals surface area (Å²) in [6.07, 6.45) is 0. The summed E-state index contributed by atoms with van der Waals surface area (Å²) in [7, 11) is 4.46. The number of ether oxygens (including phenoxy) is 2. The van der Waals surface area contributed by atoms with Gasteiger partial charge >= 0.3 is 9.75 Å². The van der Waals surface area contributed by atoms with Gasteiger partial charge in [-0.2, -0.15) is 0 Å². The summed E-state index contributed by atoms with van der Waals surface area (Å²) in [6, 6.07) is 0. The van der Waals surface area contributed by atoms with Gasteiger partial charge in [-0.3, -0.25) is 9.59 Å². The van der Waals surface area contributed by atoms with Crippen LogP contribution in [0.3, 0.4) is 0 Å². The number of methoxy groups -OCH3 is 1. The van der Waals surface area contributed by atoms with E-state index in [1.165, 1.54) is 53.5 Å². The Morgan fingerprint density at radius 2 is 1.26 bits per heavy atom. The SMILES string of the molecule is CCOP(=S)(OCC)SCn1nc(OC)sc1=O.CCOc1nn(CSP(=S)(OC)OC)c(=O)s1. The second-order valence-electron chi connectivity index (χ2n) is 5.52. The maximum atomic E-state index is 11.6. The van der Waals surface area contributed by atoms with Crippen LogP contribution >= 0.6 is 56.8 Å². The molecule has 0 saturated heterocycles. The van der Waals surface area contributed by atoms with Crippen molar-refractivity contribution in [2.75, 3.05) is 41.2 Å². The second-order valence-corrected chi connectivity index (χ2v) is 20.1. The first-order valence-electron chi connectivity index (χ1n) is 9.81. The molecule has 0 saturated carbocycles. The summed E-state index contributed by atoms with van der Waals surface area (Å²) >= 11 is 15.0. The van der Waals surface area contributed by atoms with Gasteiger partial charge in [-0.25, -0.2) is 9.36 Å². The van der Waals surface area contributed by atoms with Crippen LogP contribution in [0.25, 0.3) is 0 Å². The smallest absolute Gasteiger partial charge is 0.329 e. The minimum Gasteiger partial charge on any atom is -0.472 e. The van der Waals surface area contributed by atoms with Crippen LogP contribution in [-0.4, -0.2) is 60.7 Å². The first kappa shape index (κ1) is 33.2. The largest absolute Gasteiger partial charge is 0.472 e. The maximum Gasteiger partial charge on any atom is 0.329 e. The molecule has 20 heteroatoms. The molecule has 2 rings (SSSR count). The van der Waals surface area contributed by atoms with Gasteiger partial charge < -0.3 is 27.6 Å². The van der Waals surface area contributed by atoms with Crippen molar-refractivity contribution in [3.63, 3.8) is 0 Å². The molecule has 0 bridgehead atoms. The molecule has 0 amide bonds. The lowest BCUT2D eigenvalue weighted by atomic mass is 10.9. The lowest BCUT2D eigenvalue weighted by Crippen LogP contribution is -2.13. The molecule has 0 fully saturated rings. The fourth-order valence-corrected chi connectivity index (χ4v) is 10.0. The van der Waals surface area contributed by atoms with Crippen molar-refractivity contribution in [3.05, 3.63) is 19.3 Å². The highest BCUT2D eigenvalue weighted by atomic mass is 32.9. The van der Waals surface area contributed by atoms with Crippen molar-refractivity contribution in [2.45, 2.75) is 32.5 Å². The molecule has 0 spiro atoms. The molecule has 2 heterocycles. The summed E-state index contributed by atoms with van der Waals surface area (Å²) < 4.78 is 33.8. The average Bonchev–Trinajstić information content (AvgIpc) is 3.38. The first-order chi connectivity index (χ1) is 16.6. The van der Waals surface area contributed by atoms with E-state index in [1.54, 1.807) is 0 Å². The molecule has 0 aliphatic rings. The van der Waals surface area contributed by atoms with Crippen LogP contribution in [-0.2, 0) is 53.5 Å². The van der Waals surface area contributed by atoms with E-state index >= 15 is 0 Å². The fraction of sp³-hybridized carbons (Fsp3) is 0.733. The Morgan fingerprint density at radius 3 is 1.66 bits per heavy atom.